The zero-order valence-electron chi connectivity index (χ0n) is 14.5. The maximum Gasteiger partial charge on any atom is 0.336 e. The lowest BCUT2D eigenvalue weighted by Gasteiger charge is -2.17. The van der Waals surface area contributed by atoms with Crippen LogP contribution in [-0.2, 0) is 14.8 Å². The van der Waals surface area contributed by atoms with E-state index in [9.17, 15) is 18.0 Å². The number of amides is 1. The van der Waals surface area contributed by atoms with Gasteiger partial charge in [0.05, 0.1) is 27.2 Å². The Balaban J connectivity index is 1.81. The molecule has 10 heteroatoms. The van der Waals surface area contributed by atoms with Crippen molar-refractivity contribution in [1.82, 2.24) is 4.31 Å². The first-order chi connectivity index (χ1) is 13.2. The number of halogens is 2. The molecule has 3 aromatic rings. The summed E-state index contributed by atoms with van der Waals surface area (Å²) in [6, 6.07) is 11.5. The van der Waals surface area contributed by atoms with Crippen molar-refractivity contribution in [3.63, 3.8) is 0 Å². The van der Waals surface area contributed by atoms with Crippen molar-refractivity contribution in [2.75, 3.05) is 18.9 Å². The summed E-state index contributed by atoms with van der Waals surface area (Å²) in [4.78, 5) is 23.5. The van der Waals surface area contributed by atoms with E-state index in [1.165, 1.54) is 37.4 Å². The average molecular weight is 441 g/mol. The molecule has 2 aromatic carbocycles. The van der Waals surface area contributed by atoms with Gasteiger partial charge in [-0.05, 0) is 36.4 Å². The first kappa shape index (κ1) is 20.3. The number of nitrogens with zero attached hydrogens (tertiary/aromatic N) is 1. The minimum absolute atomic E-state index is 0.0417. The van der Waals surface area contributed by atoms with Crippen LogP contribution in [0.4, 0.5) is 5.69 Å². The second-order valence-corrected chi connectivity index (χ2v) is 8.72. The minimum Gasteiger partial charge on any atom is -0.423 e. The van der Waals surface area contributed by atoms with E-state index in [1.54, 1.807) is 18.2 Å². The Morgan fingerprint density at radius 2 is 1.79 bits per heavy atom. The number of carbonyl (C=O) groups excluding carboxylic acids is 1. The van der Waals surface area contributed by atoms with Gasteiger partial charge in [0, 0.05) is 18.5 Å². The Labute approximate surface area is 170 Å². The van der Waals surface area contributed by atoms with Gasteiger partial charge in [0.25, 0.3) is 0 Å². The van der Waals surface area contributed by atoms with Gasteiger partial charge >= 0.3 is 5.63 Å². The fourth-order valence-corrected chi connectivity index (χ4v) is 4.13. The van der Waals surface area contributed by atoms with Gasteiger partial charge < -0.3 is 9.73 Å². The summed E-state index contributed by atoms with van der Waals surface area (Å²) in [7, 11) is -2.69. The van der Waals surface area contributed by atoms with Gasteiger partial charge in [0.2, 0.25) is 15.9 Å². The molecule has 0 spiro atoms. The Morgan fingerprint density at radius 1 is 1.11 bits per heavy atom. The van der Waals surface area contributed by atoms with E-state index in [-0.39, 0.29) is 26.2 Å². The quantitative estimate of drug-likeness (QED) is 0.613. The number of hydrogen-bond donors (Lipinski definition) is 1. The first-order valence-corrected chi connectivity index (χ1v) is 10.1. The van der Waals surface area contributed by atoms with Gasteiger partial charge in [-0.3, -0.25) is 4.79 Å². The highest BCUT2D eigenvalue weighted by Crippen LogP contribution is 2.29. The number of sulfonamides is 1. The van der Waals surface area contributed by atoms with Gasteiger partial charge in [-0.1, -0.05) is 29.3 Å². The lowest BCUT2D eigenvalue weighted by molar-refractivity contribution is -0.116. The molecular weight excluding hydrogens is 427 g/mol. The summed E-state index contributed by atoms with van der Waals surface area (Å²) in [6.45, 7) is -0.453. The fourth-order valence-electron chi connectivity index (χ4n) is 2.47. The van der Waals surface area contributed by atoms with Crippen molar-refractivity contribution >= 4 is 55.8 Å². The molecule has 0 fully saturated rings. The summed E-state index contributed by atoms with van der Waals surface area (Å²) in [5.74, 6) is -0.604. The molecule has 0 aliphatic carbocycles. The van der Waals surface area contributed by atoms with Crippen LogP contribution in [0.2, 0.25) is 10.0 Å². The molecule has 1 aromatic heterocycles. The molecule has 1 N–H and O–H groups in total. The smallest absolute Gasteiger partial charge is 0.336 e. The Morgan fingerprint density at radius 3 is 2.46 bits per heavy atom. The highest BCUT2D eigenvalue weighted by molar-refractivity contribution is 7.89. The average Bonchev–Trinajstić information content (AvgIpc) is 2.64. The number of hydrogen-bond acceptors (Lipinski definition) is 5. The number of fused-ring (bicyclic) bond motifs is 1. The fraction of sp³-hybridized carbons (Fsp3) is 0.111. The van der Waals surface area contributed by atoms with Crippen molar-refractivity contribution in [3.05, 3.63) is 69.0 Å². The SMILES string of the molecule is CN(CC(=O)Nc1c(Cl)cccc1Cl)S(=O)(=O)c1ccc2oc(=O)ccc2c1. The van der Waals surface area contributed by atoms with E-state index in [2.05, 4.69) is 5.32 Å². The van der Waals surface area contributed by atoms with Crippen LogP contribution >= 0.6 is 23.2 Å². The lowest BCUT2D eigenvalue weighted by Crippen LogP contribution is -2.35. The van der Waals surface area contributed by atoms with Crippen LogP contribution in [0.25, 0.3) is 11.0 Å². The molecule has 0 saturated carbocycles. The summed E-state index contributed by atoms with van der Waals surface area (Å²) in [5, 5.41) is 3.43. The molecule has 0 bridgehead atoms. The zero-order valence-corrected chi connectivity index (χ0v) is 16.8. The molecule has 0 unspecified atom stereocenters. The second-order valence-electron chi connectivity index (χ2n) is 5.86. The molecule has 0 aliphatic rings. The Hall–Kier alpha value is -2.39. The summed E-state index contributed by atoms with van der Waals surface area (Å²) in [6.07, 6.45) is 0. The third-order valence-corrected chi connectivity index (χ3v) is 6.32. The van der Waals surface area contributed by atoms with Gasteiger partial charge in [-0.15, -0.1) is 0 Å². The zero-order chi connectivity index (χ0) is 20.5. The summed E-state index contributed by atoms with van der Waals surface area (Å²) in [5.41, 5.74) is -0.0577. The molecule has 1 heterocycles. The molecule has 3 rings (SSSR count). The molecule has 28 heavy (non-hydrogen) atoms. The topological polar surface area (TPSA) is 96.7 Å². The summed E-state index contributed by atoms with van der Waals surface area (Å²) < 4.78 is 31.4. The van der Waals surface area contributed by atoms with Crippen molar-refractivity contribution in [2.24, 2.45) is 0 Å². The van der Waals surface area contributed by atoms with E-state index in [4.69, 9.17) is 27.6 Å². The van der Waals surface area contributed by atoms with Gasteiger partial charge in [-0.2, -0.15) is 4.31 Å². The highest BCUT2D eigenvalue weighted by atomic mass is 35.5. The number of rotatable bonds is 5. The molecule has 0 aliphatic heterocycles. The van der Waals surface area contributed by atoms with E-state index < -0.39 is 28.1 Å². The van der Waals surface area contributed by atoms with Crippen molar-refractivity contribution in [1.29, 1.82) is 0 Å². The number of likely N-dealkylation sites (N-methyl/N-ethyl adjacent to an activating group) is 1. The summed E-state index contributed by atoms with van der Waals surface area (Å²) >= 11 is 12.0. The molecule has 1 amide bonds. The number of benzene rings is 2. The first-order valence-electron chi connectivity index (χ1n) is 7.92. The van der Waals surface area contributed by atoms with Crippen LogP contribution in [-0.4, -0.2) is 32.2 Å². The van der Waals surface area contributed by atoms with Crippen LogP contribution in [0.1, 0.15) is 0 Å². The van der Waals surface area contributed by atoms with Crippen LogP contribution in [0.3, 0.4) is 0 Å². The molecule has 0 saturated heterocycles. The van der Waals surface area contributed by atoms with E-state index >= 15 is 0 Å². The highest BCUT2D eigenvalue weighted by Gasteiger charge is 2.24. The minimum atomic E-state index is -3.96. The monoisotopic (exact) mass is 440 g/mol. The normalized spacial score (nSPS) is 11.7. The standard InChI is InChI=1S/C18H14Cl2N2O5S/c1-22(10-16(23)21-18-13(19)3-2-4-14(18)20)28(25,26)12-6-7-15-11(9-12)5-8-17(24)27-15/h2-9H,10H2,1H3,(H,21,23). The number of carbonyl (C=O) groups is 1. The Kier molecular flexibility index (Phi) is 5.76. The second kappa shape index (κ2) is 7.92. The number of para-hydroxylation sites is 1. The third-order valence-electron chi connectivity index (χ3n) is 3.89. The van der Waals surface area contributed by atoms with Crippen molar-refractivity contribution in [3.8, 4) is 0 Å². The van der Waals surface area contributed by atoms with E-state index in [0.717, 1.165) is 4.31 Å². The lowest BCUT2D eigenvalue weighted by atomic mass is 10.2. The predicted octanol–water partition coefficient (Wildman–Crippen LogP) is 3.36. The van der Waals surface area contributed by atoms with Crippen LogP contribution in [0.15, 0.2) is 62.6 Å². The Bertz CT molecular complexity index is 1200. The van der Waals surface area contributed by atoms with Crippen molar-refractivity contribution in [2.45, 2.75) is 4.90 Å². The molecule has 0 atom stereocenters. The largest absolute Gasteiger partial charge is 0.423 e. The maximum absolute atomic E-state index is 12.8. The van der Waals surface area contributed by atoms with Crippen LogP contribution in [0.5, 0.6) is 0 Å². The predicted molar refractivity (Wildman–Crippen MR) is 107 cm³/mol. The molecule has 146 valence electrons. The van der Waals surface area contributed by atoms with Gasteiger partial charge in [0.1, 0.15) is 5.58 Å². The molecule has 7 nitrogen and oxygen atoms in total. The number of nitrogens with one attached hydrogen (secondary N) is 1. The van der Waals surface area contributed by atoms with Crippen LogP contribution in [0, 0.1) is 0 Å². The van der Waals surface area contributed by atoms with Crippen LogP contribution < -0.4 is 10.9 Å². The third kappa shape index (κ3) is 4.20. The van der Waals surface area contributed by atoms with Gasteiger partial charge in [0.15, 0.2) is 0 Å². The number of anilines is 1. The van der Waals surface area contributed by atoms with Crippen molar-refractivity contribution < 1.29 is 17.6 Å². The maximum atomic E-state index is 12.8. The van der Waals surface area contributed by atoms with E-state index in [1.807, 2.05) is 0 Å². The molecule has 0 radical (unpaired) electrons. The van der Waals surface area contributed by atoms with E-state index in [0.29, 0.717) is 5.39 Å². The molecular formula is C18H14Cl2N2O5S. The van der Waals surface area contributed by atoms with Gasteiger partial charge in [-0.25, -0.2) is 13.2 Å².